The number of rotatable bonds is 6. The molecule has 0 bridgehead atoms. The first kappa shape index (κ1) is 18.2. The van der Waals surface area contributed by atoms with Crippen LogP contribution in [-0.4, -0.2) is 24.5 Å². The Morgan fingerprint density at radius 2 is 1.92 bits per heavy atom. The zero-order chi connectivity index (χ0) is 17.4. The predicted octanol–water partition coefficient (Wildman–Crippen LogP) is 3.47. The first-order chi connectivity index (χ1) is 11.5. The zero-order valence-electron chi connectivity index (χ0n) is 14.0. The van der Waals surface area contributed by atoms with Crippen LogP contribution in [0.3, 0.4) is 0 Å². The number of ether oxygens (including phenoxy) is 1. The van der Waals surface area contributed by atoms with Crippen LogP contribution < -0.4 is 5.32 Å². The van der Waals surface area contributed by atoms with Gasteiger partial charge in [0, 0.05) is 12.6 Å². The quantitative estimate of drug-likeness (QED) is 0.641. The van der Waals surface area contributed by atoms with E-state index in [9.17, 15) is 14.0 Å². The third kappa shape index (κ3) is 6.14. The van der Waals surface area contributed by atoms with Crippen molar-refractivity contribution in [1.82, 2.24) is 5.32 Å². The van der Waals surface area contributed by atoms with Crippen molar-refractivity contribution in [2.75, 3.05) is 6.54 Å². The molecular weight excluding hydrogens is 309 g/mol. The Labute approximate surface area is 142 Å². The molecule has 0 unspecified atom stereocenters. The highest BCUT2D eigenvalue weighted by atomic mass is 19.1. The molecule has 1 N–H and O–H groups in total. The van der Waals surface area contributed by atoms with E-state index in [1.807, 2.05) is 0 Å². The monoisotopic (exact) mass is 333 g/mol. The minimum atomic E-state index is -0.834. The molecule has 130 valence electrons. The van der Waals surface area contributed by atoms with Crippen molar-refractivity contribution < 1.29 is 18.7 Å². The Balaban J connectivity index is 1.73. The molecule has 0 heterocycles. The minimum absolute atomic E-state index is 0.274. The molecule has 0 spiro atoms. The van der Waals surface area contributed by atoms with Gasteiger partial charge in [-0.15, -0.1) is 0 Å². The van der Waals surface area contributed by atoms with Gasteiger partial charge in [0.2, 0.25) is 0 Å². The fraction of sp³-hybridized carbons (Fsp3) is 0.474. The maximum atomic E-state index is 12.8. The standard InChI is InChI=1S/C19H24FNO3/c1-14(19(23)21-13-16-5-3-2-4-6-16)24-18(22)12-9-15-7-10-17(20)11-8-15/h7-12,14,16H,2-6,13H2,1H3,(H,21,23)/b12-9+/t14-/m1/s1. The molecule has 0 aromatic heterocycles. The molecule has 1 aliphatic rings. The van der Waals surface area contributed by atoms with Gasteiger partial charge in [-0.2, -0.15) is 0 Å². The number of esters is 1. The van der Waals surface area contributed by atoms with Crippen molar-refractivity contribution in [2.24, 2.45) is 5.92 Å². The van der Waals surface area contributed by atoms with E-state index in [0.717, 1.165) is 12.8 Å². The summed E-state index contributed by atoms with van der Waals surface area (Å²) in [6.07, 6.45) is 7.94. The van der Waals surface area contributed by atoms with Gasteiger partial charge in [-0.1, -0.05) is 31.4 Å². The van der Waals surface area contributed by atoms with E-state index in [0.29, 0.717) is 18.0 Å². The summed E-state index contributed by atoms with van der Waals surface area (Å²) in [6.45, 7) is 2.20. The molecule has 4 nitrogen and oxygen atoms in total. The van der Waals surface area contributed by atoms with Crippen LogP contribution in [0, 0.1) is 11.7 Å². The van der Waals surface area contributed by atoms with Crippen LogP contribution in [0.5, 0.6) is 0 Å². The summed E-state index contributed by atoms with van der Waals surface area (Å²) in [5, 5.41) is 2.86. The Bertz CT molecular complexity index is 577. The van der Waals surface area contributed by atoms with E-state index in [1.165, 1.54) is 43.5 Å². The fourth-order valence-electron chi connectivity index (χ4n) is 2.79. The number of hydrogen-bond acceptors (Lipinski definition) is 3. The summed E-state index contributed by atoms with van der Waals surface area (Å²) >= 11 is 0. The molecule has 1 atom stereocenters. The lowest BCUT2D eigenvalue weighted by Gasteiger charge is -2.22. The summed E-state index contributed by atoms with van der Waals surface area (Å²) in [5.74, 6) is -0.675. The zero-order valence-corrected chi connectivity index (χ0v) is 14.0. The van der Waals surface area contributed by atoms with Crippen LogP contribution in [0.2, 0.25) is 0 Å². The van der Waals surface area contributed by atoms with Crippen LogP contribution >= 0.6 is 0 Å². The molecule has 5 heteroatoms. The topological polar surface area (TPSA) is 55.4 Å². The highest BCUT2D eigenvalue weighted by Gasteiger charge is 2.19. The summed E-state index contributed by atoms with van der Waals surface area (Å²) in [7, 11) is 0. The van der Waals surface area contributed by atoms with Crippen LogP contribution in [0.15, 0.2) is 30.3 Å². The normalized spacial score (nSPS) is 16.8. The van der Waals surface area contributed by atoms with Crippen molar-refractivity contribution in [3.05, 3.63) is 41.7 Å². The lowest BCUT2D eigenvalue weighted by molar-refractivity contribution is -0.150. The van der Waals surface area contributed by atoms with Crippen molar-refractivity contribution in [2.45, 2.75) is 45.1 Å². The number of halogens is 1. The largest absolute Gasteiger partial charge is 0.449 e. The molecule has 0 saturated heterocycles. The van der Waals surface area contributed by atoms with Gasteiger partial charge in [0.05, 0.1) is 0 Å². The van der Waals surface area contributed by atoms with Crippen LogP contribution in [0.25, 0.3) is 6.08 Å². The third-order valence-electron chi connectivity index (χ3n) is 4.23. The SMILES string of the molecule is C[C@@H](OC(=O)/C=C/c1ccc(F)cc1)C(=O)NCC1CCCCC1. The van der Waals surface area contributed by atoms with E-state index < -0.39 is 12.1 Å². The first-order valence-corrected chi connectivity index (χ1v) is 8.46. The highest BCUT2D eigenvalue weighted by Crippen LogP contribution is 2.22. The van der Waals surface area contributed by atoms with Gasteiger partial charge in [0.25, 0.3) is 5.91 Å². The first-order valence-electron chi connectivity index (χ1n) is 8.46. The van der Waals surface area contributed by atoms with Gasteiger partial charge >= 0.3 is 5.97 Å². The van der Waals surface area contributed by atoms with Gasteiger partial charge in [-0.05, 0) is 49.5 Å². The molecule has 24 heavy (non-hydrogen) atoms. The van der Waals surface area contributed by atoms with Crippen LogP contribution in [0.1, 0.15) is 44.6 Å². The second-order valence-electron chi connectivity index (χ2n) is 6.21. The molecule has 1 amide bonds. The van der Waals surface area contributed by atoms with E-state index in [4.69, 9.17) is 4.74 Å². The number of benzene rings is 1. The van der Waals surface area contributed by atoms with Gasteiger partial charge < -0.3 is 10.1 Å². The highest BCUT2D eigenvalue weighted by molar-refractivity contribution is 5.90. The molecule has 1 aromatic rings. The lowest BCUT2D eigenvalue weighted by Crippen LogP contribution is -2.38. The second kappa shape index (κ2) is 9.21. The molecular formula is C19H24FNO3. The fourth-order valence-corrected chi connectivity index (χ4v) is 2.79. The number of amides is 1. The average Bonchev–Trinajstić information content (AvgIpc) is 2.60. The van der Waals surface area contributed by atoms with E-state index in [1.54, 1.807) is 19.1 Å². The van der Waals surface area contributed by atoms with Gasteiger partial charge in [-0.25, -0.2) is 9.18 Å². The Hall–Kier alpha value is -2.17. The Morgan fingerprint density at radius 1 is 1.25 bits per heavy atom. The molecule has 1 fully saturated rings. The number of carbonyl (C=O) groups is 2. The van der Waals surface area contributed by atoms with Crippen LogP contribution in [-0.2, 0) is 14.3 Å². The number of hydrogen-bond donors (Lipinski definition) is 1. The van der Waals surface area contributed by atoms with Gasteiger partial charge in [0.1, 0.15) is 5.82 Å². The molecule has 1 aromatic carbocycles. The minimum Gasteiger partial charge on any atom is -0.449 e. The summed E-state index contributed by atoms with van der Waals surface area (Å²) in [6, 6.07) is 5.73. The predicted molar refractivity (Wildman–Crippen MR) is 90.6 cm³/mol. The van der Waals surface area contributed by atoms with E-state index in [2.05, 4.69) is 5.32 Å². The van der Waals surface area contributed by atoms with Crippen molar-refractivity contribution in [3.63, 3.8) is 0 Å². The molecule has 0 radical (unpaired) electrons. The lowest BCUT2D eigenvalue weighted by atomic mass is 9.89. The second-order valence-corrected chi connectivity index (χ2v) is 6.21. The maximum absolute atomic E-state index is 12.8. The van der Waals surface area contributed by atoms with E-state index >= 15 is 0 Å². The van der Waals surface area contributed by atoms with Crippen molar-refractivity contribution in [3.8, 4) is 0 Å². The molecule has 2 rings (SSSR count). The molecule has 1 saturated carbocycles. The summed E-state index contributed by atoms with van der Waals surface area (Å²) in [4.78, 5) is 23.7. The third-order valence-corrected chi connectivity index (χ3v) is 4.23. The average molecular weight is 333 g/mol. The number of carbonyl (C=O) groups excluding carboxylic acids is 2. The van der Waals surface area contributed by atoms with Crippen LogP contribution in [0.4, 0.5) is 4.39 Å². The summed E-state index contributed by atoms with van der Waals surface area (Å²) < 4.78 is 17.9. The van der Waals surface area contributed by atoms with Gasteiger partial charge in [0.15, 0.2) is 6.10 Å². The Morgan fingerprint density at radius 3 is 2.58 bits per heavy atom. The molecule has 1 aliphatic carbocycles. The van der Waals surface area contributed by atoms with E-state index in [-0.39, 0.29) is 11.7 Å². The summed E-state index contributed by atoms with van der Waals surface area (Å²) in [5.41, 5.74) is 0.683. The van der Waals surface area contributed by atoms with Crippen molar-refractivity contribution in [1.29, 1.82) is 0 Å². The number of nitrogens with one attached hydrogen (secondary N) is 1. The Kier molecular flexibility index (Phi) is 6.97. The maximum Gasteiger partial charge on any atom is 0.331 e. The van der Waals surface area contributed by atoms with Crippen molar-refractivity contribution >= 4 is 18.0 Å². The molecule has 0 aliphatic heterocycles. The smallest absolute Gasteiger partial charge is 0.331 e. The van der Waals surface area contributed by atoms with Gasteiger partial charge in [-0.3, -0.25) is 4.79 Å².